The number of hydrogen-bond donors (Lipinski definition) is 2. The third kappa shape index (κ3) is 4.32. The minimum absolute atomic E-state index is 0.198. The highest BCUT2D eigenvalue weighted by Gasteiger charge is 2.12. The number of benzene rings is 1. The van der Waals surface area contributed by atoms with Crippen LogP contribution in [0.25, 0.3) is 10.8 Å². The summed E-state index contributed by atoms with van der Waals surface area (Å²) >= 11 is 1.64. The molecule has 0 amide bonds. The number of aliphatic hydroxyl groups is 1. The molecular weight excluding hydrogens is 320 g/mol. The summed E-state index contributed by atoms with van der Waals surface area (Å²) in [4.78, 5) is 5.61. The zero-order valence-electron chi connectivity index (χ0n) is 13.7. The fraction of sp³-hybridized carbons (Fsp3) is 0.316. The van der Waals surface area contributed by atoms with Crippen molar-refractivity contribution in [2.75, 3.05) is 13.2 Å². The summed E-state index contributed by atoms with van der Waals surface area (Å²) in [6.07, 6.45) is 2.66. The van der Waals surface area contributed by atoms with Crippen LogP contribution in [0.2, 0.25) is 0 Å². The molecule has 0 saturated heterocycles. The Morgan fingerprint density at radius 2 is 2.04 bits per heavy atom. The Kier molecular flexibility index (Phi) is 5.80. The molecule has 0 aliphatic carbocycles. The van der Waals surface area contributed by atoms with E-state index in [0.717, 1.165) is 36.0 Å². The van der Waals surface area contributed by atoms with Crippen LogP contribution in [0.15, 0.2) is 53.1 Å². The van der Waals surface area contributed by atoms with E-state index < -0.39 is 0 Å². The van der Waals surface area contributed by atoms with Gasteiger partial charge in [0, 0.05) is 30.8 Å². The topological polar surface area (TPSA) is 58.3 Å². The molecule has 3 aromatic rings. The van der Waals surface area contributed by atoms with Gasteiger partial charge in [-0.05, 0) is 37.0 Å². The summed E-state index contributed by atoms with van der Waals surface area (Å²) in [6.45, 7) is 3.73. The molecule has 5 heteroatoms. The molecule has 1 unspecified atom stereocenters. The van der Waals surface area contributed by atoms with Crippen LogP contribution in [0.4, 0.5) is 0 Å². The van der Waals surface area contributed by atoms with E-state index >= 15 is 0 Å². The van der Waals surface area contributed by atoms with Crippen molar-refractivity contribution in [3.63, 3.8) is 0 Å². The van der Waals surface area contributed by atoms with E-state index in [1.54, 1.807) is 11.3 Å². The summed E-state index contributed by atoms with van der Waals surface area (Å²) in [6, 6.07) is 14.2. The van der Waals surface area contributed by atoms with Crippen molar-refractivity contribution >= 4 is 11.3 Å². The van der Waals surface area contributed by atoms with Crippen LogP contribution >= 0.6 is 11.3 Å². The van der Waals surface area contributed by atoms with Gasteiger partial charge >= 0.3 is 0 Å². The Bertz CT molecular complexity index is 752. The van der Waals surface area contributed by atoms with Crippen LogP contribution in [0.1, 0.15) is 28.5 Å². The Hall–Kier alpha value is -1.95. The molecule has 0 spiro atoms. The van der Waals surface area contributed by atoms with Crippen molar-refractivity contribution in [2.45, 2.75) is 25.8 Å². The van der Waals surface area contributed by atoms with Crippen molar-refractivity contribution < 1.29 is 9.52 Å². The van der Waals surface area contributed by atoms with Crippen LogP contribution < -0.4 is 5.32 Å². The molecule has 0 saturated carbocycles. The zero-order chi connectivity index (χ0) is 16.8. The number of nitrogens with zero attached hydrogens (tertiary/aromatic N) is 1. The van der Waals surface area contributed by atoms with Gasteiger partial charge in [0.2, 0.25) is 0 Å². The zero-order valence-corrected chi connectivity index (χ0v) is 14.6. The molecule has 4 nitrogen and oxygen atoms in total. The summed E-state index contributed by atoms with van der Waals surface area (Å²) in [5.74, 6) is 2.04. The maximum Gasteiger partial charge on any atom is 0.162 e. The average molecular weight is 342 g/mol. The van der Waals surface area contributed by atoms with E-state index in [4.69, 9.17) is 4.42 Å². The smallest absolute Gasteiger partial charge is 0.162 e. The van der Waals surface area contributed by atoms with Crippen molar-refractivity contribution in [1.29, 1.82) is 0 Å². The second-order valence-electron chi connectivity index (χ2n) is 5.79. The molecule has 1 atom stereocenters. The molecule has 24 heavy (non-hydrogen) atoms. The Morgan fingerprint density at radius 1 is 1.21 bits per heavy atom. The lowest BCUT2D eigenvalue weighted by molar-refractivity contribution is 0.273. The molecule has 0 aliphatic heterocycles. The third-order valence-electron chi connectivity index (χ3n) is 3.94. The first-order valence-electron chi connectivity index (χ1n) is 8.14. The number of aryl methyl sites for hydroxylation is 1. The number of hydrogen-bond acceptors (Lipinski definition) is 5. The van der Waals surface area contributed by atoms with Gasteiger partial charge in [-0.3, -0.25) is 0 Å². The number of aliphatic hydroxyl groups excluding tert-OH is 1. The number of thiazole rings is 1. The summed E-state index contributed by atoms with van der Waals surface area (Å²) in [5, 5.41) is 13.7. The lowest BCUT2D eigenvalue weighted by Crippen LogP contribution is -2.21. The minimum Gasteiger partial charge on any atom is -0.459 e. The normalized spacial score (nSPS) is 12.4. The van der Waals surface area contributed by atoms with Gasteiger partial charge in [0.05, 0.1) is 0 Å². The Morgan fingerprint density at radius 3 is 2.75 bits per heavy atom. The molecule has 3 rings (SSSR count). The van der Waals surface area contributed by atoms with Crippen molar-refractivity contribution in [3.05, 3.63) is 64.9 Å². The Balaban J connectivity index is 1.56. The van der Waals surface area contributed by atoms with Crippen LogP contribution in [0.5, 0.6) is 0 Å². The van der Waals surface area contributed by atoms with Gasteiger partial charge in [-0.2, -0.15) is 0 Å². The van der Waals surface area contributed by atoms with Gasteiger partial charge in [-0.15, -0.1) is 11.3 Å². The highest BCUT2D eigenvalue weighted by molar-refractivity contribution is 7.14. The highest BCUT2D eigenvalue weighted by atomic mass is 32.1. The standard InChI is InChI=1S/C19H22N2O2S/c1-14-7-8-18(23-14)19-21-13-17(24-19)12-20-11-16(9-10-22)15-5-3-2-4-6-15/h2-8,13,16,20,22H,9-12H2,1H3. The van der Waals surface area contributed by atoms with E-state index in [1.165, 1.54) is 10.4 Å². The molecule has 0 fully saturated rings. The lowest BCUT2D eigenvalue weighted by Gasteiger charge is -2.16. The largest absolute Gasteiger partial charge is 0.459 e. The first-order chi connectivity index (χ1) is 11.8. The lowest BCUT2D eigenvalue weighted by atomic mass is 9.96. The molecular formula is C19H22N2O2S. The van der Waals surface area contributed by atoms with Crippen LogP contribution in [0, 0.1) is 6.92 Å². The molecule has 2 heterocycles. The Labute approximate surface area is 146 Å². The maximum atomic E-state index is 9.30. The number of furan rings is 1. The first-order valence-corrected chi connectivity index (χ1v) is 8.96. The van der Waals surface area contributed by atoms with Gasteiger partial charge in [0.25, 0.3) is 0 Å². The predicted molar refractivity (Wildman–Crippen MR) is 97.1 cm³/mol. The number of rotatable bonds is 8. The molecule has 1 aromatic carbocycles. The molecule has 0 aliphatic rings. The SMILES string of the molecule is Cc1ccc(-c2ncc(CNCC(CCO)c3ccccc3)s2)o1. The molecule has 0 bridgehead atoms. The fourth-order valence-electron chi connectivity index (χ4n) is 2.69. The first kappa shape index (κ1) is 16.9. The number of aromatic nitrogens is 1. The fourth-order valence-corrected chi connectivity index (χ4v) is 3.53. The van der Waals surface area contributed by atoms with Gasteiger partial charge in [-0.1, -0.05) is 30.3 Å². The summed E-state index contributed by atoms with van der Waals surface area (Å²) < 4.78 is 5.62. The van der Waals surface area contributed by atoms with E-state index in [2.05, 4.69) is 22.4 Å². The van der Waals surface area contributed by atoms with E-state index in [1.807, 2.05) is 43.5 Å². The van der Waals surface area contributed by atoms with Crippen molar-refractivity contribution in [2.24, 2.45) is 0 Å². The monoisotopic (exact) mass is 342 g/mol. The van der Waals surface area contributed by atoms with E-state index in [-0.39, 0.29) is 6.61 Å². The molecule has 2 N–H and O–H groups in total. The minimum atomic E-state index is 0.198. The van der Waals surface area contributed by atoms with Gasteiger partial charge in [-0.25, -0.2) is 4.98 Å². The summed E-state index contributed by atoms with van der Waals surface area (Å²) in [7, 11) is 0. The van der Waals surface area contributed by atoms with Crippen molar-refractivity contribution in [1.82, 2.24) is 10.3 Å². The maximum absolute atomic E-state index is 9.30. The quantitative estimate of drug-likeness (QED) is 0.650. The van der Waals surface area contributed by atoms with Crippen LogP contribution in [-0.2, 0) is 6.54 Å². The van der Waals surface area contributed by atoms with E-state index in [9.17, 15) is 5.11 Å². The molecule has 126 valence electrons. The highest BCUT2D eigenvalue weighted by Crippen LogP contribution is 2.27. The van der Waals surface area contributed by atoms with Gasteiger partial charge in [0.15, 0.2) is 10.8 Å². The second-order valence-corrected chi connectivity index (χ2v) is 6.91. The molecule has 0 radical (unpaired) electrons. The summed E-state index contributed by atoms with van der Waals surface area (Å²) in [5.41, 5.74) is 1.26. The number of nitrogens with one attached hydrogen (secondary N) is 1. The molecule has 2 aromatic heterocycles. The van der Waals surface area contributed by atoms with Crippen LogP contribution in [-0.4, -0.2) is 23.2 Å². The second kappa shape index (κ2) is 8.24. The van der Waals surface area contributed by atoms with Crippen LogP contribution in [0.3, 0.4) is 0 Å². The third-order valence-corrected chi connectivity index (χ3v) is 4.96. The average Bonchev–Trinajstić information content (AvgIpc) is 3.24. The van der Waals surface area contributed by atoms with Gasteiger partial charge < -0.3 is 14.8 Å². The predicted octanol–water partition coefficient (Wildman–Crippen LogP) is 3.97. The van der Waals surface area contributed by atoms with Gasteiger partial charge in [0.1, 0.15) is 5.76 Å². The van der Waals surface area contributed by atoms with Crippen molar-refractivity contribution in [3.8, 4) is 10.8 Å². The van der Waals surface area contributed by atoms with E-state index in [0.29, 0.717) is 5.92 Å².